The van der Waals surface area contributed by atoms with Crippen molar-refractivity contribution in [3.05, 3.63) is 11.5 Å². The van der Waals surface area contributed by atoms with Crippen LogP contribution in [0.1, 0.15) is 39.0 Å². The first-order valence-corrected chi connectivity index (χ1v) is 8.37. The highest BCUT2D eigenvalue weighted by molar-refractivity contribution is 7.89. The van der Waals surface area contributed by atoms with E-state index in [4.69, 9.17) is 11.6 Å². The van der Waals surface area contributed by atoms with E-state index in [0.29, 0.717) is 6.54 Å². The molecule has 1 saturated carbocycles. The van der Waals surface area contributed by atoms with Crippen LogP contribution < -0.4 is 4.72 Å². The van der Waals surface area contributed by atoms with Gasteiger partial charge in [-0.1, -0.05) is 37.8 Å². The number of hydrogen-bond donors (Lipinski definition) is 1. The zero-order valence-corrected chi connectivity index (χ0v) is 12.9. The third-order valence-corrected chi connectivity index (χ3v) is 5.73. The van der Waals surface area contributed by atoms with E-state index in [-0.39, 0.29) is 15.6 Å². The Hall–Kier alpha value is -0.590. The summed E-state index contributed by atoms with van der Waals surface area (Å²) in [7, 11) is -1.96. The van der Waals surface area contributed by atoms with Gasteiger partial charge in [0, 0.05) is 13.6 Å². The molecule has 0 radical (unpaired) electrons. The quantitative estimate of drug-likeness (QED) is 0.928. The molecule has 0 saturated heterocycles. The normalized spacial score (nSPS) is 19.5. The Balaban J connectivity index is 2.08. The van der Waals surface area contributed by atoms with Crippen LogP contribution in [0, 0.1) is 5.41 Å². The van der Waals surface area contributed by atoms with Crippen LogP contribution in [-0.4, -0.2) is 24.5 Å². The van der Waals surface area contributed by atoms with Crippen molar-refractivity contribution in [2.75, 3.05) is 6.54 Å². The van der Waals surface area contributed by atoms with Gasteiger partial charge in [0.05, 0.1) is 6.33 Å². The molecular weight excluding hydrogens is 286 g/mol. The molecule has 1 fully saturated rings. The van der Waals surface area contributed by atoms with Crippen molar-refractivity contribution in [2.45, 2.75) is 44.1 Å². The summed E-state index contributed by atoms with van der Waals surface area (Å²) in [6.45, 7) is 2.58. The minimum atomic E-state index is -3.62. The Labute approximate surface area is 119 Å². The van der Waals surface area contributed by atoms with Gasteiger partial charge in [0.15, 0.2) is 0 Å². The monoisotopic (exact) mass is 305 g/mol. The summed E-state index contributed by atoms with van der Waals surface area (Å²) in [6, 6.07) is 0. The fourth-order valence-electron chi connectivity index (χ4n) is 2.49. The Morgan fingerprint density at radius 2 is 2.05 bits per heavy atom. The zero-order valence-electron chi connectivity index (χ0n) is 11.3. The van der Waals surface area contributed by atoms with Gasteiger partial charge in [-0.15, -0.1) is 0 Å². The molecule has 1 aromatic heterocycles. The molecule has 19 heavy (non-hydrogen) atoms. The van der Waals surface area contributed by atoms with Crippen molar-refractivity contribution in [2.24, 2.45) is 12.5 Å². The van der Waals surface area contributed by atoms with Gasteiger partial charge in [-0.05, 0) is 18.3 Å². The Kier molecular flexibility index (Phi) is 4.23. The average Bonchev–Trinajstić information content (AvgIpc) is 2.70. The van der Waals surface area contributed by atoms with Crippen molar-refractivity contribution in [1.82, 2.24) is 14.3 Å². The Morgan fingerprint density at radius 1 is 1.42 bits per heavy atom. The molecule has 0 bridgehead atoms. The van der Waals surface area contributed by atoms with Gasteiger partial charge >= 0.3 is 0 Å². The van der Waals surface area contributed by atoms with Gasteiger partial charge in [0.2, 0.25) is 5.03 Å². The van der Waals surface area contributed by atoms with Gasteiger partial charge in [0.25, 0.3) is 10.0 Å². The predicted molar refractivity (Wildman–Crippen MR) is 74.6 cm³/mol. The minimum absolute atomic E-state index is 0.0482. The van der Waals surface area contributed by atoms with Crippen molar-refractivity contribution in [3.63, 3.8) is 0 Å². The number of nitrogens with zero attached hydrogens (tertiary/aromatic N) is 2. The summed E-state index contributed by atoms with van der Waals surface area (Å²) >= 11 is 5.93. The number of rotatable bonds is 4. The van der Waals surface area contributed by atoms with Crippen LogP contribution in [0.4, 0.5) is 0 Å². The number of halogens is 1. The Bertz CT molecular complexity index is 547. The summed E-state index contributed by atoms with van der Waals surface area (Å²) < 4.78 is 28.5. The molecular formula is C12H20ClN3O2S. The highest BCUT2D eigenvalue weighted by Gasteiger charge is 2.30. The van der Waals surface area contributed by atoms with Crippen LogP contribution in [0.5, 0.6) is 0 Å². The van der Waals surface area contributed by atoms with E-state index in [1.807, 2.05) is 0 Å². The van der Waals surface area contributed by atoms with Gasteiger partial charge < -0.3 is 4.57 Å². The van der Waals surface area contributed by atoms with Crippen LogP contribution in [0.3, 0.4) is 0 Å². The molecule has 1 aliphatic rings. The lowest BCUT2D eigenvalue weighted by atomic mass is 9.76. The molecule has 7 heteroatoms. The number of aromatic nitrogens is 2. The van der Waals surface area contributed by atoms with Gasteiger partial charge in [-0.3, -0.25) is 0 Å². The SMILES string of the molecule is Cn1cnc(S(=O)(=O)NCC2(C)CCCCC2)c1Cl. The van der Waals surface area contributed by atoms with E-state index in [9.17, 15) is 8.42 Å². The van der Waals surface area contributed by atoms with Crippen molar-refractivity contribution in [3.8, 4) is 0 Å². The Morgan fingerprint density at radius 3 is 2.58 bits per heavy atom. The zero-order chi connectivity index (χ0) is 14.1. The first-order valence-electron chi connectivity index (χ1n) is 6.51. The molecule has 1 aromatic rings. The summed E-state index contributed by atoms with van der Waals surface area (Å²) in [5.41, 5.74) is 0.0482. The molecule has 0 amide bonds. The van der Waals surface area contributed by atoms with Crippen LogP contribution >= 0.6 is 11.6 Å². The standard InChI is InChI=1S/C12H20ClN3O2S/c1-12(6-4-3-5-7-12)8-15-19(17,18)11-10(13)16(2)9-14-11/h9,15H,3-8H2,1-2H3. The highest BCUT2D eigenvalue weighted by Crippen LogP contribution is 2.35. The molecule has 5 nitrogen and oxygen atoms in total. The molecule has 108 valence electrons. The summed E-state index contributed by atoms with van der Waals surface area (Å²) in [5, 5.41) is 0.0531. The van der Waals surface area contributed by atoms with Crippen molar-refractivity contribution < 1.29 is 8.42 Å². The average molecular weight is 306 g/mol. The number of sulfonamides is 1. The second-order valence-corrected chi connectivity index (χ2v) is 7.69. The highest BCUT2D eigenvalue weighted by atomic mass is 35.5. The second kappa shape index (κ2) is 5.42. The molecule has 0 atom stereocenters. The van der Waals surface area contributed by atoms with Crippen LogP contribution in [-0.2, 0) is 17.1 Å². The van der Waals surface area contributed by atoms with E-state index >= 15 is 0 Å². The number of imidazole rings is 1. The van der Waals surface area contributed by atoms with Gasteiger partial charge in [0.1, 0.15) is 5.15 Å². The fraction of sp³-hybridized carbons (Fsp3) is 0.750. The number of nitrogens with one attached hydrogen (secondary N) is 1. The molecule has 1 aliphatic carbocycles. The molecule has 0 aliphatic heterocycles. The lowest BCUT2D eigenvalue weighted by Crippen LogP contribution is -2.37. The lowest BCUT2D eigenvalue weighted by Gasteiger charge is -2.33. The van der Waals surface area contributed by atoms with Crippen molar-refractivity contribution in [1.29, 1.82) is 0 Å². The predicted octanol–water partition coefficient (Wildman–Crippen LogP) is 2.32. The van der Waals surface area contributed by atoms with Gasteiger partial charge in [-0.2, -0.15) is 0 Å². The maximum Gasteiger partial charge on any atom is 0.261 e. The molecule has 0 spiro atoms. The third kappa shape index (κ3) is 3.30. The lowest BCUT2D eigenvalue weighted by molar-refractivity contribution is 0.219. The van der Waals surface area contributed by atoms with E-state index in [1.54, 1.807) is 7.05 Å². The molecule has 0 aromatic carbocycles. The van der Waals surface area contributed by atoms with E-state index in [2.05, 4.69) is 16.6 Å². The maximum atomic E-state index is 12.2. The number of aryl methyl sites for hydroxylation is 1. The summed E-state index contributed by atoms with van der Waals surface area (Å²) in [4.78, 5) is 3.85. The first kappa shape index (κ1) is 14.8. The second-order valence-electron chi connectivity index (χ2n) is 5.65. The molecule has 2 rings (SSSR count). The first-order chi connectivity index (χ1) is 8.84. The van der Waals surface area contributed by atoms with E-state index < -0.39 is 10.0 Å². The van der Waals surface area contributed by atoms with Crippen LogP contribution in [0.2, 0.25) is 5.15 Å². The summed E-state index contributed by atoms with van der Waals surface area (Å²) in [5.74, 6) is 0. The minimum Gasteiger partial charge on any atom is -0.324 e. The fourth-order valence-corrected chi connectivity index (χ4v) is 4.12. The third-order valence-electron chi connectivity index (χ3n) is 3.84. The van der Waals surface area contributed by atoms with E-state index in [0.717, 1.165) is 12.8 Å². The van der Waals surface area contributed by atoms with Crippen LogP contribution in [0.25, 0.3) is 0 Å². The molecule has 1 N–H and O–H groups in total. The number of hydrogen-bond acceptors (Lipinski definition) is 3. The van der Waals surface area contributed by atoms with E-state index in [1.165, 1.54) is 30.2 Å². The molecule has 0 unspecified atom stereocenters. The van der Waals surface area contributed by atoms with Gasteiger partial charge in [-0.25, -0.2) is 18.1 Å². The largest absolute Gasteiger partial charge is 0.324 e. The van der Waals surface area contributed by atoms with Crippen LogP contribution in [0.15, 0.2) is 11.4 Å². The maximum absolute atomic E-state index is 12.2. The summed E-state index contributed by atoms with van der Waals surface area (Å²) in [6.07, 6.45) is 7.11. The molecule has 1 heterocycles. The smallest absolute Gasteiger partial charge is 0.261 e. The topological polar surface area (TPSA) is 64.0 Å². The van der Waals surface area contributed by atoms with Crippen molar-refractivity contribution >= 4 is 21.6 Å².